The third-order valence-corrected chi connectivity index (χ3v) is 5.56. The highest BCUT2D eigenvalue weighted by molar-refractivity contribution is 7.96. The zero-order valence-electron chi connectivity index (χ0n) is 14.8. The molecule has 0 aromatic heterocycles. The van der Waals surface area contributed by atoms with E-state index in [1.54, 1.807) is 23.5 Å². The highest BCUT2D eigenvalue weighted by Crippen LogP contribution is 2.25. The van der Waals surface area contributed by atoms with Gasteiger partial charge in [0.05, 0.1) is 0 Å². The van der Waals surface area contributed by atoms with Gasteiger partial charge in [-0.25, -0.2) is 14.2 Å². The van der Waals surface area contributed by atoms with Crippen LogP contribution in [-0.4, -0.2) is 41.6 Å². The average molecular weight is 387 g/mol. The van der Waals surface area contributed by atoms with Gasteiger partial charge in [0, 0.05) is 43.7 Å². The fourth-order valence-corrected chi connectivity index (χ4v) is 3.87. The average Bonchev–Trinajstić information content (AvgIpc) is 2.72. The van der Waals surface area contributed by atoms with E-state index in [0.717, 1.165) is 48.7 Å². The zero-order valence-corrected chi connectivity index (χ0v) is 15.7. The van der Waals surface area contributed by atoms with Crippen LogP contribution >= 0.6 is 11.9 Å². The highest BCUT2D eigenvalue weighted by Gasteiger charge is 2.19. The number of rotatable bonds is 6. The molecular weight excluding hydrogens is 365 g/mol. The number of anilines is 1. The zero-order chi connectivity index (χ0) is 19.1. The molecule has 0 radical (unpaired) electrons. The molecule has 1 amide bonds. The monoisotopic (exact) mass is 387 g/mol. The molecule has 0 bridgehead atoms. The molecule has 1 aliphatic heterocycles. The van der Waals surface area contributed by atoms with E-state index in [4.69, 9.17) is 5.21 Å². The van der Waals surface area contributed by atoms with Crippen LogP contribution in [0.3, 0.4) is 0 Å². The second-order valence-corrected chi connectivity index (χ2v) is 7.25. The van der Waals surface area contributed by atoms with Crippen LogP contribution in [0, 0.1) is 5.82 Å². The Morgan fingerprint density at radius 3 is 2.52 bits per heavy atom. The number of carbonyl (C=O) groups excluding carboxylic acids is 1. The Balaban J connectivity index is 1.55. The molecule has 1 heterocycles. The minimum atomic E-state index is -0.549. The number of para-hydroxylation sites is 1. The van der Waals surface area contributed by atoms with E-state index < -0.39 is 5.91 Å². The van der Waals surface area contributed by atoms with Crippen LogP contribution in [0.25, 0.3) is 6.08 Å². The maximum Gasteiger partial charge on any atom is 0.267 e. The molecule has 7 heteroatoms. The van der Waals surface area contributed by atoms with Crippen molar-refractivity contribution >= 4 is 29.6 Å². The van der Waals surface area contributed by atoms with Crippen molar-refractivity contribution in [3.05, 3.63) is 71.6 Å². The summed E-state index contributed by atoms with van der Waals surface area (Å²) < 4.78 is 15.3. The third-order valence-electron chi connectivity index (χ3n) is 4.37. The fourth-order valence-electron chi connectivity index (χ4n) is 2.92. The topological polar surface area (TPSA) is 55.8 Å². The number of benzene rings is 2. The van der Waals surface area contributed by atoms with Gasteiger partial charge >= 0.3 is 0 Å². The van der Waals surface area contributed by atoms with Crippen molar-refractivity contribution in [3.8, 4) is 0 Å². The molecular formula is C20H22FN3O2S. The number of nitrogens with one attached hydrogen (secondary N) is 1. The summed E-state index contributed by atoms with van der Waals surface area (Å²) in [5.74, 6) is 0.0731. The van der Waals surface area contributed by atoms with E-state index in [2.05, 4.69) is 9.21 Å². The second kappa shape index (κ2) is 9.55. The highest BCUT2D eigenvalue weighted by atomic mass is 32.2. The van der Waals surface area contributed by atoms with Gasteiger partial charge in [0.15, 0.2) is 0 Å². The summed E-state index contributed by atoms with van der Waals surface area (Å²) in [6.07, 6.45) is 3.02. The van der Waals surface area contributed by atoms with Crippen molar-refractivity contribution in [1.82, 2.24) is 9.79 Å². The summed E-state index contributed by atoms with van der Waals surface area (Å²) in [6.45, 7) is 3.60. The minimum absolute atomic E-state index is 0.207. The second-order valence-electron chi connectivity index (χ2n) is 6.18. The van der Waals surface area contributed by atoms with Crippen LogP contribution in [0.4, 0.5) is 10.1 Å². The van der Waals surface area contributed by atoms with Gasteiger partial charge in [0.2, 0.25) is 0 Å². The van der Waals surface area contributed by atoms with E-state index in [1.807, 2.05) is 36.4 Å². The van der Waals surface area contributed by atoms with Gasteiger partial charge in [-0.05, 0) is 35.4 Å². The molecule has 1 fully saturated rings. The summed E-state index contributed by atoms with van der Waals surface area (Å²) in [5.41, 5.74) is 4.72. The van der Waals surface area contributed by atoms with Gasteiger partial charge in [-0.2, -0.15) is 0 Å². The van der Waals surface area contributed by atoms with Crippen LogP contribution in [0.2, 0.25) is 0 Å². The third kappa shape index (κ3) is 5.56. The van der Waals surface area contributed by atoms with Gasteiger partial charge < -0.3 is 4.90 Å². The van der Waals surface area contributed by atoms with Crippen molar-refractivity contribution in [3.63, 3.8) is 0 Å². The van der Waals surface area contributed by atoms with Crippen molar-refractivity contribution in [2.45, 2.75) is 5.75 Å². The van der Waals surface area contributed by atoms with Gasteiger partial charge in [-0.15, -0.1) is 0 Å². The van der Waals surface area contributed by atoms with Crippen LogP contribution < -0.4 is 10.4 Å². The standard InChI is InChI=1S/C20H22FN3O2S/c21-18-8-5-16(6-9-18)15-27-24-13-11-23(12-14-24)19-4-2-1-3-17(19)7-10-20(25)22-26/h1-10,26H,11-15H2,(H,22,25)/b10-7+. The molecule has 2 aromatic rings. The number of nitrogens with zero attached hydrogens (tertiary/aromatic N) is 2. The Morgan fingerprint density at radius 1 is 1.11 bits per heavy atom. The van der Waals surface area contributed by atoms with Crippen LogP contribution in [0.15, 0.2) is 54.6 Å². The lowest BCUT2D eigenvalue weighted by atomic mass is 10.1. The normalized spacial score (nSPS) is 15.3. The molecule has 0 spiro atoms. The van der Waals surface area contributed by atoms with E-state index in [0.29, 0.717) is 0 Å². The first-order valence-electron chi connectivity index (χ1n) is 8.74. The number of piperazine rings is 1. The van der Waals surface area contributed by atoms with Gasteiger partial charge in [0.25, 0.3) is 5.91 Å². The summed E-state index contributed by atoms with van der Waals surface area (Å²) in [7, 11) is 0. The number of halogens is 1. The van der Waals surface area contributed by atoms with Crippen molar-refractivity contribution in [2.24, 2.45) is 0 Å². The van der Waals surface area contributed by atoms with E-state index in [9.17, 15) is 9.18 Å². The van der Waals surface area contributed by atoms with Gasteiger partial charge in [-0.3, -0.25) is 10.0 Å². The number of hydrogen-bond acceptors (Lipinski definition) is 5. The van der Waals surface area contributed by atoms with Gasteiger partial charge in [0.1, 0.15) is 5.82 Å². The molecule has 0 atom stereocenters. The first-order chi connectivity index (χ1) is 13.2. The van der Waals surface area contributed by atoms with Crippen LogP contribution in [0.1, 0.15) is 11.1 Å². The van der Waals surface area contributed by atoms with Crippen LogP contribution in [-0.2, 0) is 10.5 Å². The molecule has 142 valence electrons. The smallest absolute Gasteiger partial charge is 0.267 e. The molecule has 3 rings (SSSR count). The van der Waals surface area contributed by atoms with Crippen LogP contribution in [0.5, 0.6) is 0 Å². The molecule has 0 saturated carbocycles. The first kappa shape index (κ1) is 19.4. The maximum absolute atomic E-state index is 13.0. The summed E-state index contributed by atoms with van der Waals surface area (Å²) in [6, 6.07) is 14.5. The number of hydroxylamine groups is 1. The Bertz CT molecular complexity index is 790. The van der Waals surface area contributed by atoms with E-state index >= 15 is 0 Å². The SMILES string of the molecule is O=C(/C=C/c1ccccc1N1CCN(SCc2ccc(F)cc2)CC1)NO. The molecule has 5 nitrogen and oxygen atoms in total. The first-order valence-corrected chi connectivity index (χ1v) is 9.68. The lowest BCUT2D eigenvalue weighted by Gasteiger charge is -2.36. The molecule has 1 aliphatic rings. The molecule has 27 heavy (non-hydrogen) atoms. The quantitative estimate of drug-likeness (QED) is 0.345. The summed E-state index contributed by atoms with van der Waals surface area (Å²) in [4.78, 5) is 13.5. The number of hydrogen-bond donors (Lipinski definition) is 2. The fraction of sp³-hybridized carbons (Fsp3) is 0.250. The largest absolute Gasteiger partial charge is 0.368 e. The van der Waals surface area contributed by atoms with E-state index in [1.165, 1.54) is 18.2 Å². The van der Waals surface area contributed by atoms with Crippen molar-refractivity contribution in [2.75, 3.05) is 31.1 Å². The lowest BCUT2D eigenvalue weighted by molar-refractivity contribution is -0.124. The Labute approximate surface area is 162 Å². The number of carbonyl (C=O) groups is 1. The minimum Gasteiger partial charge on any atom is -0.368 e. The Kier molecular flexibility index (Phi) is 6.86. The van der Waals surface area contributed by atoms with Gasteiger partial charge in [-0.1, -0.05) is 42.3 Å². The molecule has 1 saturated heterocycles. The van der Waals surface area contributed by atoms with E-state index in [-0.39, 0.29) is 5.82 Å². The predicted octanol–water partition coefficient (Wildman–Crippen LogP) is 3.31. The molecule has 2 N–H and O–H groups in total. The maximum atomic E-state index is 13.0. The Hall–Kier alpha value is -2.35. The molecule has 2 aromatic carbocycles. The van der Waals surface area contributed by atoms with Crippen molar-refractivity contribution in [1.29, 1.82) is 0 Å². The van der Waals surface area contributed by atoms with Crippen molar-refractivity contribution < 1.29 is 14.4 Å². The molecule has 0 aliphatic carbocycles. The Morgan fingerprint density at radius 2 is 1.81 bits per heavy atom. The summed E-state index contributed by atoms with van der Waals surface area (Å²) in [5, 5.41) is 8.62. The summed E-state index contributed by atoms with van der Waals surface area (Å²) >= 11 is 1.76. The lowest BCUT2D eigenvalue weighted by Crippen LogP contribution is -2.43. The molecule has 0 unspecified atom stereocenters. The number of amides is 1. The predicted molar refractivity (Wildman–Crippen MR) is 107 cm³/mol.